The average molecular weight is 188 g/mol. The maximum Gasteiger partial charge on any atom is 0.249 e. The highest BCUT2D eigenvalue weighted by molar-refractivity contribution is 5.83. The van der Waals surface area contributed by atoms with Gasteiger partial charge in [0.25, 0.3) is 0 Å². The highest BCUT2D eigenvalue weighted by Gasteiger charge is 2.26. The lowest BCUT2D eigenvalue weighted by atomic mass is 9.85. The van der Waals surface area contributed by atoms with Crippen molar-refractivity contribution in [2.45, 2.75) is 26.2 Å². The number of carbonyl (C=O) groups excluding carboxylic acids is 1. The Bertz CT molecular complexity index is 342. The maximum absolute atomic E-state index is 11.5. The van der Waals surface area contributed by atoms with Crippen LogP contribution in [0.5, 0.6) is 0 Å². The zero-order valence-electron chi connectivity index (χ0n) is 8.36. The van der Waals surface area contributed by atoms with Gasteiger partial charge in [-0.15, -0.1) is 0 Å². The number of benzene rings is 1. The van der Waals surface area contributed by atoms with Gasteiger partial charge in [0.05, 0.1) is 5.69 Å². The Labute approximate surface area is 84.3 Å². The van der Waals surface area contributed by atoms with E-state index >= 15 is 0 Å². The fraction of sp³-hybridized carbons (Fsp3) is 0.417. The van der Waals surface area contributed by atoms with E-state index in [1.54, 1.807) is 0 Å². The summed E-state index contributed by atoms with van der Waals surface area (Å²) in [6, 6.07) is 7.76. The van der Waals surface area contributed by atoms with Crippen LogP contribution in [0.3, 0.4) is 0 Å². The van der Waals surface area contributed by atoms with Crippen LogP contribution < -0.4 is 5.32 Å². The molecule has 0 heterocycles. The summed E-state index contributed by atoms with van der Waals surface area (Å²) in [6.45, 7) is 2.01. The van der Waals surface area contributed by atoms with Crippen LogP contribution in [0.1, 0.15) is 24.8 Å². The van der Waals surface area contributed by atoms with E-state index < -0.39 is 0 Å². The Morgan fingerprint density at radius 2 is 2.21 bits per heavy atom. The number of rotatable bonds is 2. The van der Waals surface area contributed by atoms with E-state index in [1.807, 2.05) is 31.2 Å². The van der Waals surface area contributed by atoms with Gasteiger partial charge in [-0.1, -0.05) is 18.6 Å². The standard InChI is InChI=1S/C12H14NO/c1-9-4-2-7-11(8-9)13-12(14)10-5-3-6-10/h2,4,7-8,10H,3,5-6H2,1H3. The van der Waals surface area contributed by atoms with Crippen molar-refractivity contribution < 1.29 is 4.79 Å². The van der Waals surface area contributed by atoms with Crippen molar-refractivity contribution >= 4 is 11.6 Å². The predicted molar refractivity (Wildman–Crippen MR) is 55.3 cm³/mol. The van der Waals surface area contributed by atoms with E-state index in [0.717, 1.165) is 24.1 Å². The Morgan fingerprint density at radius 3 is 2.79 bits per heavy atom. The van der Waals surface area contributed by atoms with E-state index in [1.165, 1.54) is 6.42 Å². The first-order chi connectivity index (χ1) is 6.75. The predicted octanol–water partition coefficient (Wildman–Crippen LogP) is 2.56. The third-order valence-corrected chi connectivity index (χ3v) is 2.70. The summed E-state index contributed by atoms with van der Waals surface area (Å²) < 4.78 is 0. The maximum atomic E-state index is 11.5. The second-order valence-electron chi connectivity index (χ2n) is 3.92. The van der Waals surface area contributed by atoms with Gasteiger partial charge in [0.15, 0.2) is 0 Å². The number of amides is 1. The molecule has 0 bridgehead atoms. The van der Waals surface area contributed by atoms with Gasteiger partial charge in [-0.05, 0) is 37.5 Å². The lowest BCUT2D eigenvalue weighted by molar-refractivity contribution is -0.126. The Hall–Kier alpha value is -1.31. The van der Waals surface area contributed by atoms with Gasteiger partial charge in [0.1, 0.15) is 0 Å². The van der Waals surface area contributed by atoms with E-state index in [9.17, 15) is 4.79 Å². The second-order valence-corrected chi connectivity index (χ2v) is 3.92. The molecule has 1 fully saturated rings. The minimum atomic E-state index is 0.0573. The molecule has 0 atom stereocenters. The molecule has 14 heavy (non-hydrogen) atoms. The summed E-state index contributed by atoms with van der Waals surface area (Å²) in [7, 11) is 0. The lowest BCUT2D eigenvalue weighted by Gasteiger charge is -2.22. The Balaban J connectivity index is 1.99. The van der Waals surface area contributed by atoms with Crippen LogP contribution >= 0.6 is 0 Å². The van der Waals surface area contributed by atoms with Gasteiger partial charge in [0, 0.05) is 5.92 Å². The van der Waals surface area contributed by atoms with Crippen LogP contribution in [0.2, 0.25) is 0 Å². The molecule has 1 aliphatic carbocycles. The number of hydrogen-bond donors (Lipinski definition) is 0. The van der Waals surface area contributed by atoms with Crippen molar-refractivity contribution in [3.63, 3.8) is 0 Å². The Kier molecular flexibility index (Phi) is 2.53. The van der Waals surface area contributed by atoms with Crippen LogP contribution in [0, 0.1) is 12.8 Å². The molecule has 0 aliphatic heterocycles. The summed E-state index contributed by atoms with van der Waals surface area (Å²) in [5.74, 6) is 0.261. The molecule has 0 spiro atoms. The van der Waals surface area contributed by atoms with Gasteiger partial charge in [-0.2, -0.15) is 0 Å². The molecule has 0 N–H and O–H groups in total. The molecule has 1 radical (unpaired) electrons. The fourth-order valence-corrected chi connectivity index (χ4v) is 1.57. The lowest BCUT2D eigenvalue weighted by Crippen LogP contribution is -2.27. The van der Waals surface area contributed by atoms with Gasteiger partial charge in [-0.3, -0.25) is 4.79 Å². The quantitative estimate of drug-likeness (QED) is 0.701. The summed E-state index contributed by atoms with van der Waals surface area (Å²) in [5, 5.41) is 4.10. The molecule has 1 saturated carbocycles. The molecule has 2 heteroatoms. The molecule has 0 aromatic heterocycles. The van der Waals surface area contributed by atoms with E-state index in [0.29, 0.717) is 0 Å². The molecule has 0 unspecified atom stereocenters. The van der Waals surface area contributed by atoms with Crippen LogP contribution in [0.4, 0.5) is 5.69 Å². The largest absolute Gasteiger partial charge is 0.272 e. The topological polar surface area (TPSA) is 31.2 Å². The number of carbonyl (C=O) groups is 1. The normalized spacial score (nSPS) is 16.1. The van der Waals surface area contributed by atoms with Crippen molar-refractivity contribution in [2.24, 2.45) is 5.92 Å². The highest BCUT2D eigenvalue weighted by Crippen LogP contribution is 2.27. The summed E-state index contributed by atoms with van der Waals surface area (Å²) >= 11 is 0. The minimum absolute atomic E-state index is 0.0573. The molecular formula is C12H14NO. The molecule has 1 aliphatic rings. The molecule has 2 nitrogen and oxygen atoms in total. The minimum Gasteiger partial charge on any atom is -0.272 e. The molecule has 1 aromatic carbocycles. The van der Waals surface area contributed by atoms with Gasteiger partial charge in [0.2, 0.25) is 5.91 Å². The first kappa shape index (κ1) is 9.25. The SMILES string of the molecule is Cc1cccc([N]C(=O)C2CCC2)c1. The first-order valence-corrected chi connectivity index (χ1v) is 5.08. The fourth-order valence-electron chi connectivity index (χ4n) is 1.57. The van der Waals surface area contributed by atoms with Crippen molar-refractivity contribution in [3.8, 4) is 0 Å². The van der Waals surface area contributed by atoms with Gasteiger partial charge < -0.3 is 0 Å². The molecule has 1 amide bonds. The zero-order chi connectivity index (χ0) is 9.97. The van der Waals surface area contributed by atoms with Gasteiger partial charge in [-0.25, -0.2) is 5.32 Å². The number of aryl methyl sites for hydroxylation is 1. The van der Waals surface area contributed by atoms with Crippen LogP contribution in [0.25, 0.3) is 0 Å². The second kappa shape index (κ2) is 3.82. The van der Waals surface area contributed by atoms with Crippen molar-refractivity contribution in [1.82, 2.24) is 5.32 Å². The van der Waals surface area contributed by atoms with Crippen LogP contribution in [0.15, 0.2) is 24.3 Å². The number of nitrogens with zero attached hydrogens (tertiary/aromatic N) is 1. The third-order valence-electron chi connectivity index (χ3n) is 2.70. The third kappa shape index (κ3) is 1.95. The average Bonchev–Trinajstić information content (AvgIpc) is 1.99. The first-order valence-electron chi connectivity index (χ1n) is 5.08. The number of hydrogen-bond acceptors (Lipinski definition) is 1. The summed E-state index contributed by atoms with van der Waals surface area (Å²) in [6.07, 6.45) is 3.22. The monoisotopic (exact) mass is 188 g/mol. The molecule has 2 rings (SSSR count). The molecular weight excluding hydrogens is 174 g/mol. The molecule has 0 saturated heterocycles. The smallest absolute Gasteiger partial charge is 0.249 e. The van der Waals surface area contributed by atoms with Crippen LogP contribution in [-0.4, -0.2) is 5.91 Å². The zero-order valence-corrected chi connectivity index (χ0v) is 8.36. The van der Waals surface area contributed by atoms with Crippen molar-refractivity contribution in [2.75, 3.05) is 0 Å². The van der Waals surface area contributed by atoms with Gasteiger partial charge >= 0.3 is 0 Å². The molecule has 1 aromatic rings. The van der Waals surface area contributed by atoms with E-state index in [4.69, 9.17) is 0 Å². The Morgan fingerprint density at radius 1 is 1.43 bits per heavy atom. The van der Waals surface area contributed by atoms with Crippen molar-refractivity contribution in [1.29, 1.82) is 0 Å². The summed E-state index contributed by atoms with van der Waals surface area (Å²) in [5.41, 5.74) is 1.94. The van der Waals surface area contributed by atoms with E-state index in [-0.39, 0.29) is 11.8 Å². The van der Waals surface area contributed by atoms with Crippen LogP contribution in [-0.2, 0) is 4.79 Å². The summed E-state index contributed by atoms with van der Waals surface area (Å²) in [4.78, 5) is 11.5. The van der Waals surface area contributed by atoms with Crippen molar-refractivity contribution in [3.05, 3.63) is 29.8 Å². The van der Waals surface area contributed by atoms with E-state index in [2.05, 4.69) is 5.32 Å². The molecule has 73 valence electrons. The highest BCUT2D eigenvalue weighted by atomic mass is 16.1.